The molecule has 3 aliphatic rings. The van der Waals surface area contributed by atoms with Crippen molar-refractivity contribution in [2.24, 2.45) is 11.8 Å². The van der Waals surface area contributed by atoms with Crippen LogP contribution in [0.15, 0.2) is 28.7 Å². The Kier molecular flexibility index (Phi) is 4.18. The van der Waals surface area contributed by atoms with Gasteiger partial charge in [-0.1, -0.05) is 40.9 Å². The normalized spacial score (nSPS) is 27.2. The fraction of sp³-hybridized carbons (Fsp3) is 0.526. The lowest BCUT2D eigenvalue weighted by Crippen LogP contribution is -2.44. The highest BCUT2D eigenvalue weighted by Gasteiger charge is 2.50. The second-order valence-corrected chi connectivity index (χ2v) is 8.31. The lowest BCUT2D eigenvalue weighted by molar-refractivity contribution is -0.143. The molecular weight excluding hydrogens is 384 g/mol. The van der Waals surface area contributed by atoms with Crippen LogP contribution < -0.4 is 5.32 Å². The second-order valence-electron chi connectivity index (χ2n) is 7.40. The Hall–Kier alpha value is -1.69. The highest BCUT2D eigenvalue weighted by Crippen LogP contribution is 2.45. The quantitative estimate of drug-likeness (QED) is 0.784. The van der Waals surface area contributed by atoms with Gasteiger partial charge in [0, 0.05) is 4.47 Å². The number of carbonyl (C=O) groups excluding carboxylic acids is 3. The van der Waals surface area contributed by atoms with Crippen molar-refractivity contribution in [2.75, 3.05) is 6.54 Å². The SMILES string of the molecule is O=C(CN1C(=O)[C@H]2CCCC[C@@H]2C1=O)NC1(c2ccc(Br)cc2)CC1. The molecule has 1 aliphatic heterocycles. The molecule has 4 rings (SSSR count). The Morgan fingerprint density at radius 1 is 1.08 bits per heavy atom. The summed E-state index contributed by atoms with van der Waals surface area (Å²) in [6, 6.07) is 7.91. The van der Waals surface area contributed by atoms with Crippen LogP contribution in [0.4, 0.5) is 0 Å². The van der Waals surface area contributed by atoms with Crippen LogP contribution in [0.5, 0.6) is 0 Å². The summed E-state index contributed by atoms with van der Waals surface area (Å²) in [5, 5.41) is 3.05. The Balaban J connectivity index is 1.43. The number of nitrogens with one attached hydrogen (secondary N) is 1. The molecule has 2 saturated carbocycles. The minimum atomic E-state index is -0.337. The minimum Gasteiger partial charge on any atom is -0.345 e. The molecule has 0 radical (unpaired) electrons. The zero-order chi connectivity index (χ0) is 17.6. The number of rotatable bonds is 4. The van der Waals surface area contributed by atoms with Crippen LogP contribution in [0.2, 0.25) is 0 Å². The Bertz CT molecular complexity index is 703. The second kappa shape index (κ2) is 6.24. The summed E-state index contributed by atoms with van der Waals surface area (Å²) in [6.45, 7) is -0.150. The van der Waals surface area contributed by atoms with Gasteiger partial charge in [-0.15, -0.1) is 0 Å². The monoisotopic (exact) mass is 404 g/mol. The van der Waals surface area contributed by atoms with E-state index >= 15 is 0 Å². The summed E-state index contributed by atoms with van der Waals surface area (Å²) < 4.78 is 0.995. The van der Waals surface area contributed by atoms with Gasteiger partial charge in [-0.25, -0.2) is 0 Å². The molecule has 2 atom stereocenters. The van der Waals surface area contributed by atoms with Crippen LogP contribution in [0.3, 0.4) is 0 Å². The number of imide groups is 1. The Labute approximate surface area is 155 Å². The summed E-state index contributed by atoms with van der Waals surface area (Å²) in [7, 11) is 0. The number of fused-ring (bicyclic) bond motifs is 1. The van der Waals surface area contributed by atoms with Crippen LogP contribution in [-0.2, 0) is 19.9 Å². The predicted octanol–water partition coefficient (Wildman–Crippen LogP) is 2.73. The molecule has 3 fully saturated rings. The Morgan fingerprint density at radius 2 is 1.64 bits per heavy atom. The maximum atomic E-state index is 12.5. The van der Waals surface area contributed by atoms with E-state index in [1.807, 2.05) is 24.3 Å². The first-order valence-corrected chi connectivity index (χ1v) is 9.72. The maximum absolute atomic E-state index is 12.5. The number of amides is 3. The van der Waals surface area contributed by atoms with E-state index in [-0.39, 0.29) is 41.6 Å². The van der Waals surface area contributed by atoms with E-state index in [0.29, 0.717) is 0 Å². The Morgan fingerprint density at radius 3 is 2.16 bits per heavy atom. The molecule has 5 nitrogen and oxygen atoms in total. The molecule has 1 aromatic rings. The standard InChI is InChI=1S/C19H21BrN2O3/c20-13-7-5-12(6-8-13)19(9-10-19)21-16(23)11-22-17(24)14-3-1-2-4-15(14)18(22)25/h5-8,14-15H,1-4,9-11H2,(H,21,23)/t14-,15-/m0/s1. The number of carbonyl (C=O) groups is 3. The summed E-state index contributed by atoms with van der Waals surface area (Å²) in [6.07, 6.45) is 5.30. The van der Waals surface area contributed by atoms with Gasteiger partial charge in [-0.2, -0.15) is 0 Å². The molecule has 0 unspecified atom stereocenters. The van der Waals surface area contributed by atoms with Gasteiger partial charge < -0.3 is 5.32 Å². The van der Waals surface area contributed by atoms with E-state index in [9.17, 15) is 14.4 Å². The van der Waals surface area contributed by atoms with E-state index in [0.717, 1.165) is 48.6 Å². The first-order valence-electron chi connectivity index (χ1n) is 8.92. The van der Waals surface area contributed by atoms with Gasteiger partial charge in [0.15, 0.2) is 0 Å². The zero-order valence-corrected chi connectivity index (χ0v) is 15.5. The van der Waals surface area contributed by atoms with Crippen LogP contribution in [0, 0.1) is 11.8 Å². The van der Waals surface area contributed by atoms with Crippen LogP contribution >= 0.6 is 15.9 Å². The van der Waals surface area contributed by atoms with E-state index < -0.39 is 0 Å². The van der Waals surface area contributed by atoms with Crippen molar-refractivity contribution in [3.63, 3.8) is 0 Å². The molecule has 132 valence electrons. The van der Waals surface area contributed by atoms with E-state index in [1.54, 1.807) is 0 Å². The van der Waals surface area contributed by atoms with Gasteiger partial charge >= 0.3 is 0 Å². The molecule has 25 heavy (non-hydrogen) atoms. The van der Waals surface area contributed by atoms with E-state index in [1.165, 1.54) is 4.90 Å². The third-order valence-electron chi connectivity index (χ3n) is 5.76. The molecule has 6 heteroatoms. The number of nitrogens with zero attached hydrogens (tertiary/aromatic N) is 1. The van der Waals surface area contributed by atoms with Crippen molar-refractivity contribution in [2.45, 2.75) is 44.1 Å². The van der Waals surface area contributed by atoms with Gasteiger partial charge in [-0.05, 0) is 43.4 Å². The van der Waals surface area contributed by atoms with E-state index in [4.69, 9.17) is 0 Å². The maximum Gasteiger partial charge on any atom is 0.240 e. The van der Waals surface area contributed by atoms with E-state index in [2.05, 4.69) is 21.2 Å². The van der Waals surface area contributed by atoms with Crippen molar-refractivity contribution < 1.29 is 14.4 Å². The molecule has 1 N–H and O–H groups in total. The third kappa shape index (κ3) is 3.01. The highest BCUT2D eigenvalue weighted by atomic mass is 79.9. The van der Waals surface area contributed by atoms with Crippen molar-refractivity contribution >= 4 is 33.7 Å². The van der Waals surface area contributed by atoms with Crippen molar-refractivity contribution in [1.29, 1.82) is 0 Å². The summed E-state index contributed by atoms with van der Waals surface area (Å²) >= 11 is 3.42. The molecule has 1 heterocycles. The number of likely N-dealkylation sites (tertiary alicyclic amines) is 1. The number of hydrogen-bond acceptors (Lipinski definition) is 3. The molecule has 1 saturated heterocycles. The predicted molar refractivity (Wildman–Crippen MR) is 95.4 cm³/mol. The van der Waals surface area contributed by atoms with Gasteiger partial charge in [0.25, 0.3) is 0 Å². The molecule has 2 aliphatic carbocycles. The van der Waals surface area contributed by atoms with Crippen LogP contribution in [0.1, 0.15) is 44.1 Å². The summed E-state index contributed by atoms with van der Waals surface area (Å²) in [5.74, 6) is -0.955. The number of halogens is 1. The molecule has 0 spiro atoms. The first-order chi connectivity index (χ1) is 12.0. The summed E-state index contributed by atoms with van der Waals surface area (Å²) in [4.78, 5) is 38.7. The summed E-state index contributed by atoms with van der Waals surface area (Å²) in [5.41, 5.74) is 0.730. The van der Waals surface area contributed by atoms with Gasteiger partial charge in [0.05, 0.1) is 17.4 Å². The lowest BCUT2D eigenvalue weighted by atomic mass is 9.81. The van der Waals surface area contributed by atoms with Crippen molar-refractivity contribution in [3.8, 4) is 0 Å². The molecule has 3 amide bonds. The number of hydrogen-bond donors (Lipinski definition) is 1. The smallest absolute Gasteiger partial charge is 0.240 e. The highest BCUT2D eigenvalue weighted by molar-refractivity contribution is 9.10. The zero-order valence-electron chi connectivity index (χ0n) is 14.0. The fourth-order valence-electron chi connectivity index (χ4n) is 4.22. The van der Waals surface area contributed by atoms with Gasteiger partial charge in [-0.3, -0.25) is 19.3 Å². The molecule has 0 bridgehead atoms. The average Bonchev–Trinajstić information content (AvgIpc) is 3.35. The van der Waals surface area contributed by atoms with Gasteiger partial charge in [0.2, 0.25) is 17.7 Å². The van der Waals surface area contributed by atoms with Gasteiger partial charge in [0.1, 0.15) is 6.54 Å². The molecule has 0 aromatic heterocycles. The molecular formula is C19H21BrN2O3. The minimum absolute atomic E-state index is 0.150. The van der Waals surface area contributed by atoms with Crippen molar-refractivity contribution in [3.05, 3.63) is 34.3 Å². The first kappa shape index (κ1) is 16.8. The largest absolute Gasteiger partial charge is 0.345 e. The molecule has 1 aromatic carbocycles. The fourth-order valence-corrected chi connectivity index (χ4v) is 4.48. The third-order valence-corrected chi connectivity index (χ3v) is 6.29. The average molecular weight is 405 g/mol. The van der Waals surface area contributed by atoms with Crippen LogP contribution in [0.25, 0.3) is 0 Å². The van der Waals surface area contributed by atoms with Crippen LogP contribution in [-0.4, -0.2) is 29.2 Å². The topological polar surface area (TPSA) is 66.5 Å². The lowest BCUT2D eigenvalue weighted by Gasteiger charge is -2.20. The number of benzene rings is 1. The van der Waals surface area contributed by atoms with Crippen molar-refractivity contribution in [1.82, 2.24) is 10.2 Å².